The molecule has 2 aromatic rings. The quantitative estimate of drug-likeness (QED) is 0.635. The molecule has 0 aliphatic rings. The lowest BCUT2D eigenvalue weighted by Crippen LogP contribution is -1.97. The van der Waals surface area contributed by atoms with Crippen LogP contribution in [-0.2, 0) is 6.42 Å². The predicted molar refractivity (Wildman–Crippen MR) is 77.9 cm³/mol. The van der Waals surface area contributed by atoms with Gasteiger partial charge < -0.3 is 0 Å². The zero-order valence-corrected chi connectivity index (χ0v) is 12.6. The summed E-state index contributed by atoms with van der Waals surface area (Å²) < 4.78 is 26.0. The van der Waals surface area contributed by atoms with Gasteiger partial charge in [0.2, 0.25) is 0 Å². The Morgan fingerprint density at radius 2 is 1.84 bits per heavy atom. The molecule has 0 aromatic heterocycles. The Bertz CT molecular complexity index is 599. The highest BCUT2D eigenvalue weighted by molar-refractivity contribution is 9.09. The van der Waals surface area contributed by atoms with Crippen LogP contribution in [0.15, 0.2) is 36.4 Å². The minimum Gasteiger partial charge on any atom is -0.204 e. The maximum absolute atomic E-state index is 13.1. The fourth-order valence-corrected chi connectivity index (χ4v) is 2.64. The van der Waals surface area contributed by atoms with E-state index in [1.807, 2.05) is 25.1 Å². The molecule has 0 spiro atoms. The summed E-state index contributed by atoms with van der Waals surface area (Å²) in [6.07, 6.45) is 0.566. The van der Waals surface area contributed by atoms with Gasteiger partial charge in [0.15, 0.2) is 11.6 Å². The number of alkyl halides is 1. The molecular weight excluding hydrogens is 334 g/mol. The topological polar surface area (TPSA) is 0 Å². The van der Waals surface area contributed by atoms with Crippen LogP contribution >= 0.6 is 27.5 Å². The number of hydrogen-bond donors (Lipinski definition) is 0. The van der Waals surface area contributed by atoms with Crippen LogP contribution in [0.25, 0.3) is 0 Å². The molecule has 1 atom stereocenters. The van der Waals surface area contributed by atoms with Crippen LogP contribution < -0.4 is 0 Å². The van der Waals surface area contributed by atoms with Crippen molar-refractivity contribution in [2.75, 3.05) is 0 Å². The third-order valence-corrected chi connectivity index (χ3v) is 4.22. The molecule has 0 fully saturated rings. The Kier molecular flexibility index (Phi) is 4.58. The Morgan fingerprint density at radius 1 is 1.11 bits per heavy atom. The number of hydrogen-bond acceptors (Lipinski definition) is 0. The normalized spacial score (nSPS) is 12.5. The smallest absolute Gasteiger partial charge is 0.159 e. The number of aryl methyl sites for hydroxylation is 1. The van der Waals surface area contributed by atoms with E-state index in [1.54, 1.807) is 6.07 Å². The summed E-state index contributed by atoms with van der Waals surface area (Å²) >= 11 is 9.63. The van der Waals surface area contributed by atoms with E-state index in [0.717, 1.165) is 22.8 Å². The third kappa shape index (κ3) is 3.54. The number of benzene rings is 2. The summed E-state index contributed by atoms with van der Waals surface area (Å²) in [6, 6.07) is 9.75. The van der Waals surface area contributed by atoms with Crippen molar-refractivity contribution in [1.82, 2.24) is 0 Å². The molecule has 0 saturated carbocycles. The Hall–Kier alpha value is -0.930. The molecule has 1 unspecified atom stereocenters. The first-order valence-electron chi connectivity index (χ1n) is 5.81. The standard InChI is InChI=1S/C15H12BrClF2/c1-9-2-4-11(8-13(9)17)12(16)6-10-3-5-14(18)15(19)7-10/h2-5,7-8,12H,6H2,1H3. The molecule has 0 heterocycles. The highest BCUT2D eigenvalue weighted by Gasteiger charge is 2.11. The first kappa shape index (κ1) is 14.5. The summed E-state index contributed by atoms with van der Waals surface area (Å²) in [7, 11) is 0. The molecule has 0 aliphatic carbocycles. The van der Waals surface area contributed by atoms with Gasteiger partial charge in [-0.05, 0) is 48.2 Å². The Balaban J connectivity index is 2.17. The minimum atomic E-state index is -0.826. The van der Waals surface area contributed by atoms with Gasteiger partial charge in [0.25, 0.3) is 0 Å². The van der Waals surface area contributed by atoms with Crippen LogP contribution in [0.1, 0.15) is 21.5 Å². The van der Waals surface area contributed by atoms with E-state index in [1.165, 1.54) is 6.07 Å². The van der Waals surface area contributed by atoms with Crippen molar-refractivity contribution in [1.29, 1.82) is 0 Å². The summed E-state index contributed by atoms with van der Waals surface area (Å²) in [6.45, 7) is 1.94. The second kappa shape index (κ2) is 6.02. The Morgan fingerprint density at radius 3 is 2.47 bits per heavy atom. The molecular formula is C15H12BrClF2. The first-order valence-corrected chi connectivity index (χ1v) is 7.11. The summed E-state index contributed by atoms with van der Waals surface area (Å²) in [4.78, 5) is 0.00969. The Labute approximate surface area is 124 Å². The summed E-state index contributed by atoms with van der Waals surface area (Å²) in [5.74, 6) is -1.65. The summed E-state index contributed by atoms with van der Waals surface area (Å²) in [5, 5.41) is 0.701. The predicted octanol–water partition coefficient (Wildman–Crippen LogP) is 5.61. The lowest BCUT2D eigenvalue weighted by Gasteiger charge is -2.12. The average molecular weight is 346 g/mol. The van der Waals surface area contributed by atoms with E-state index < -0.39 is 11.6 Å². The molecule has 0 radical (unpaired) electrons. The van der Waals surface area contributed by atoms with Crippen LogP contribution in [0.4, 0.5) is 8.78 Å². The summed E-state index contributed by atoms with van der Waals surface area (Å²) in [5.41, 5.74) is 2.76. The van der Waals surface area contributed by atoms with Crippen LogP contribution in [0.3, 0.4) is 0 Å². The van der Waals surface area contributed by atoms with Crippen molar-refractivity contribution in [2.24, 2.45) is 0 Å². The van der Waals surface area contributed by atoms with E-state index in [-0.39, 0.29) is 4.83 Å². The van der Waals surface area contributed by atoms with Gasteiger partial charge in [-0.25, -0.2) is 8.78 Å². The van der Waals surface area contributed by atoms with Gasteiger partial charge in [-0.1, -0.05) is 45.7 Å². The third-order valence-electron chi connectivity index (χ3n) is 2.96. The van der Waals surface area contributed by atoms with E-state index in [0.29, 0.717) is 11.4 Å². The highest BCUT2D eigenvalue weighted by Crippen LogP contribution is 2.30. The number of rotatable bonds is 3. The van der Waals surface area contributed by atoms with Crippen LogP contribution in [0, 0.1) is 18.6 Å². The largest absolute Gasteiger partial charge is 0.204 e. The van der Waals surface area contributed by atoms with Crippen LogP contribution in [-0.4, -0.2) is 0 Å². The van der Waals surface area contributed by atoms with Gasteiger partial charge in [0.1, 0.15) is 0 Å². The van der Waals surface area contributed by atoms with Crippen molar-refractivity contribution in [3.05, 3.63) is 69.7 Å². The van der Waals surface area contributed by atoms with Gasteiger partial charge in [0, 0.05) is 9.85 Å². The SMILES string of the molecule is Cc1ccc(C(Br)Cc2ccc(F)c(F)c2)cc1Cl. The second-order valence-electron chi connectivity index (χ2n) is 4.43. The van der Waals surface area contributed by atoms with Crippen molar-refractivity contribution in [2.45, 2.75) is 18.2 Å². The second-order valence-corrected chi connectivity index (χ2v) is 5.94. The monoisotopic (exact) mass is 344 g/mol. The van der Waals surface area contributed by atoms with Gasteiger partial charge >= 0.3 is 0 Å². The molecule has 100 valence electrons. The molecule has 19 heavy (non-hydrogen) atoms. The molecule has 0 aliphatic heterocycles. The lowest BCUT2D eigenvalue weighted by molar-refractivity contribution is 0.507. The molecule has 0 nitrogen and oxygen atoms in total. The van der Waals surface area contributed by atoms with E-state index >= 15 is 0 Å². The fraction of sp³-hybridized carbons (Fsp3) is 0.200. The van der Waals surface area contributed by atoms with Crippen molar-refractivity contribution in [3.8, 4) is 0 Å². The molecule has 2 rings (SSSR count). The van der Waals surface area contributed by atoms with E-state index in [9.17, 15) is 8.78 Å². The lowest BCUT2D eigenvalue weighted by atomic mass is 10.0. The molecule has 0 bridgehead atoms. The maximum Gasteiger partial charge on any atom is 0.159 e. The van der Waals surface area contributed by atoms with Crippen molar-refractivity contribution >= 4 is 27.5 Å². The fourth-order valence-electron chi connectivity index (χ4n) is 1.80. The molecule has 0 saturated heterocycles. The zero-order chi connectivity index (χ0) is 14.0. The van der Waals surface area contributed by atoms with Crippen molar-refractivity contribution in [3.63, 3.8) is 0 Å². The highest BCUT2D eigenvalue weighted by atomic mass is 79.9. The average Bonchev–Trinajstić information content (AvgIpc) is 2.37. The molecule has 0 N–H and O–H groups in total. The van der Waals surface area contributed by atoms with Gasteiger partial charge in [-0.2, -0.15) is 0 Å². The number of halogens is 4. The first-order chi connectivity index (χ1) is 8.97. The zero-order valence-electron chi connectivity index (χ0n) is 10.3. The molecule has 4 heteroatoms. The molecule has 0 amide bonds. The maximum atomic E-state index is 13.1. The van der Waals surface area contributed by atoms with Gasteiger partial charge in [-0.15, -0.1) is 0 Å². The van der Waals surface area contributed by atoms with E-state index in [2.05, 4.69) is 15.9 Å². The van der Waals surface area contributed by atoms with Crippen LogP contribution in [0.2, 0.25) is 5.02 Å². The van der Waals surface area contributed by atoms with E-state index in [4.69, 9.17) is 11.6 Å². The van der Waals surface area contributed by atoms with Gasteiger partial charge in [0.05, 0.1) is 0 Å². The molecule has 2 aromatic carbocycles. The van der Waals surface area contributed by atoms with Gasteiger partial charge in [-0.3, -0.25) is 0 Å². The van der Waals surface area contributed by atoms with Crippen LogP contribution in [0.5, 0.6) is 0 Å². The minimum absolute atomic E-state index is 0.00969. The van der Waals surface area contributed by atoms with Crippen molar-refractivity contribution < 1.29 is 8.78 Å².